The van der Waals surface area contributed by atoms with Crippen LogP contribution in [0.4, 0.5) is 0 Å². The van der Waals surface area contributed by atoms with Crippen LogP contribution in [0.15, 0.2) is 0 Å². The summed E-state index contributed by atoms with van der Waals surface area (Å²) in [7, 11) is -10.1. The molecule has 0 aliphatic heterocycles. The van der Waals surface area contributed by atoms with E-state index >= 15 is 0 Å². The summed E-state index contributed by atoms with van der Waals surface area (Å²) in [6.07, 6.45) is 0. The van der Waals surface area contributed by atoms with E-state index < -0.39 is 15.6 Å². The molecule has 62 valence electrons. The molecule has 4 N–H and O–H groups in total. The fraction of sp³-hybridized carbons (Fsp3) is 0. The first-order valence-electron chi connectivity index (χ1n) is 1.53. The van der Waals surface area contributed by atoms with E-state index in [1.807, 2.05) is 0 Å². The Bertz CT molecular complexity index is 152. The van der Waals surface area contributed by atoms with Gasteiger partial charge in [-0.3, -0.25) is 0 Å². The Balaban J connectivity index is 0. The van der Waals surface area contributed by atoms with E-state index in [1.54, 1.807) is 0 Å². The van der Waals surface area contributed by atoms with Crippen LogP contribution in [0.3, 0.4) is 0 Å². The van der Waals surface area contributed by atoms with Gasteiger partial charge in [0, 0.05) is 17.4 Å². The molecule has 10 heavy (non-hydrogen) atoms. The Morgan fingerprint density at radius 1 is 0.900 bits per heavy atom. The second kappa shape index (κ2) is 3.98. The molecule has 0 saturated carbocycles. The summed E-state index contributed by atoms with van der Waals surface area (Å²) >= 11 is 0. The molecular weight excluding hydrogens is 226 g/mol. The van der Waals surface area contributed by atoms with Gasteiger partial charge in [0.25, 0.3) is 0 Å². The van der Waals surface area contributed by atoms with Crippen LogP contribution in [0.25, 0.3) is 0 Å². The largest absolute Gasteiger partial charge is 0.478 e. The van der Waals surface area contributed by atoms with Crippen molar-refractivity contribution in [2.75, 3.05) is 0 Å². The van der Waals surface area contributed by atoms with Crippen molar-refractivity contribution in [2.45, 2.75) is 0 Å². The molecule has 0 unspecified atom stereocenters. The molecule has 0 atom stereocenters. The SMILES string of the molecule is O=P(O)(O)OP(=O)(O)O.[Cr]. The van der Waals surface area contributed by atoms with Gasteiger partial charge in [0.1, 0.15) is 0 Å². The minimum Gasteiger partial charge on any atom is -0.302 e. The molecule has 0 aromatic carbocycles. The summed E-state index contributed by atoms with van der Waals surface area (Å²) in [5.41, 5.74) is 0. The van der Waals surface area contributed by atoms with Gasteiger partial charge in [-0.25, -0.2) is 9.13 Å². The molecular formula is H4CrO7P2. The van der Waals surface area contributed by atoms with Crippen LogP contribution in [0.2, 0.25) is 0 Å². The zero-order valence-corrected chi connectivity index (χ0v) is 7.38. The third kappa shape index (κ3) is 11.6. The van der Waals surface area contributed by atoms with Crippen LogP contribution >= 0.6 is 15.6 Å². The number of hydrogen-bond donors (Lipinski definition) is 4. The monoisotopic (exact) mass is 230 g/mol. The van der Waals surface area contributed by atoms with E-state index in [1.165, 1.54) is 0 Å². The van der Waals surface area contributed by atoms with Gasteiger partial charge in [-0.05, 0) is 0 Å². The third-order valence-electron chi connectivity index (χ3n) is 0.213. The zero-order valence-electron chi connectivity index (χ0n) is 4.32. The van der Waals surface area contributed by atoms with E-state index in [0.717, 1.165) is 0 Å². The second-order valence-electron chi connectivity index (χ2n) is 1.06. The van der Waals surface area contributed by atoms with Crippen molar-refractivity contribution < 1.29 is 50.4 Å². The van der Waals surface area contributed by atoms with Gasteiger partial charge in [0.05, 0.1) is 0 Å². The van der Waals surface area contributed by atoms with Crippen molar-refractivity contribution in [3.05, 3.63) is 0 Å². The maximum absolute atomic E-state index is 9.63. The molecule has 0 bridgehead atoms. The second-order valence-corrected chi connectivity index (χ2v) is 3.68. The van der Waals surface area contributed by atoms with Crippen molar-refractivity contribution >= 4 is 15.6 Å². The van der Waals surface area contributed by atoms with Crippen LogP contribution < -0.4 is 0 Å². The van der Waals surface area contributed by atoms with Gasteiger partial charge in [0.2, 0.25) is 0 Å². The topological polar surface area (TPSA) is 124 Å². The van der Waals surface area contributed by atoms with Crippen molar-refractivity contribution in [1.82, 2.24) is 0 Å². The molecule has 0 rings (SSSR count). The van der Waals surface area contributed by atoms with Gasteiger partial charge in [-0.1, -0.05) is 0 Å². The van der Waals surface area contributed by atoms with E-state index in [0.29, 0.717) is 0 Å². The molecule has 0 heterocycles. The van der Waals surface area contributed by atoms with Crippen LogP contribution in [-0.2, 0) is 30.8 Å². The molecule has 0 saturated heterocycles. The molecule has 0 aromatic rings. The van der Waals surface area contributed by atoms with Gasteiger partial charge in [0.15, 0.2) is 0 Å². The third-order valence-corrected chi connectivity index (χ3v) is 1.91. The maximum atomic E-state index is 9.63. The van der Waals surface area contributed by atoms with Crippen molar-refractivity contribution in [1.29, 1.82) is 0 Å². The quantitative estimate of drug-likeness (QED) is 0.457. The van der Waals surface area contributed by atoms with E-state index in [-0.39, 0.29) is 17.4 Å². The first-order valence-corrected chi connectivity index (χ1v) is 4.59. The molecule has 0 aliphatic carbocycles. The smallest absolute Gasteiger partial charge is 0.302 e. The fourth-order valence-corrected chi connectivity index (χ4v) is 1.25. The summed E-state index contributed by atoms with van der Waals surface area (Å²) in [6.45, 7) is 0. The van der Waals surface area contributed by atoms with Crippen LogP contribution in [0.5, 0.6) is 0 Å². The van der Waals surface area contributed by atoms with Crippen LogP contribution in [-0.4, -0.2) is 19.6 Å². The molecule has 0 radical (unpaired) electrons. The van der Waals surface area contributed by atoms with E-state index in [2.05, 4.69) is 4.31 Å². The number of hydrogen-bond acceptors (Lipinski definition) is 3. The zero-order chi connectivity index (χ0) is 7.71. The maximum Gasteiger partial charge on any atom is 0.478 e. The molecule has 0 spiro atoms. The number of rotatable bonds is 2. The van der Waals surface area contributed by atoms with E-state index in [9.17, 15) is 9.13 Å². The van der Waals surface area contributed by atoms with Crippen LogP contribution in [0, 0.1) is 0 Å². The molecule has 0 aliphatic rings. The predicted molar refractivity (Wildman–Crippen MR) is 25.2 cm³/mol. The Kier molecular flexibility index (Phi) is 5.33. The Labute approximate surface area is 66.6 Å². The average molecular weight is 230 g/mol. The van der Waals surface area contributed by atoms with Crippen LogP contribution in [0.1, 0.15) is 0 Å². The normalized spacial score (nSPS) is 12.4. The summed E-state index contributed by atoms with van der Waals surface area (Å²) in [6, 6.07) is 0. The van der Waals surface area contributed by atoms with Gasteiger partial charge < -0.3 is 19.6 Å². The van der Waals surface area contributed by atoms with Crippen molar-refractivity contribution in [3.63, 3.8) is 0 Å². The van der Waals surface area contributed by atoms with E-state index in [4.69, 9.17) is 19.6 Å². The Hall–Kier alpha value is 0.792. The first kappa shape index (κ1) is 13.4. The standard InChI is InChI=1S/Cr.H4O7P2/c;1-8(2,3)7-9(4,5)6/h;(H2,1,2,3)(H2,4,5,6). The summed E-state index contributed by atoms with van der Waals surface area (Å²) < 4.78 is 22.2. The predicted octanol–water partition coefficient (Wildman–Crippen LogP) is -0.814. The fourth-order valence-electron chi connectivity index (χ4n) is 0.139. The Morgan fingerprint density at radius 2 is 1.10 bits per heavy atom. The Morgan fingerprint density at radius 3 is 1.10 bits per heavy atom. The summed E-state index contributed by atoms with van der Waals surface area (Å²) in [4.78, 5) is 31.0. The average Bonchev–Trinajstić information content (AvgIpc) is 1.14. The molecule has 7 nitrogen and oxygen atoms in total. The molecule has 0 amide bonds. The molecule has 10 heteroatoms. The van der Waals surface area contributed by atoms with Crippen molar-refractivity contribution in [2.24, 2.45) is 0 Å². The molecule has 0 fully saturated rings. The summed E-state index contributed by atoms with van der Waals surface area (Å²) in [5, 5.41) is 0. The summed E-state index contributed by atoms with van der Waals surface area (Å²) in [5.74, 6) is 0. The minimum absolute atomic E-state index is 0. The van der Waals surface area contributed by atoms with Gasteiger partial charge in [-0.15, -0.1) is 0 Å². The van der Waals surface area contributed by atoms with Gasteiger partial charge in [-0.2, -0.15) is 4.31 Å². The van der Waals surface area contributed by atoms with Crippen molar-refractivity contribution in [3.8, 4) is 0 Å². The van der Waals surface area contributed by atoms with Gasteiger partial charge >= 0.3 is 15.6 Å². The first-order chi connectivity index (χ1) is 3.71. The minimum atomic E-state index is -5.05. The number of phosphoric acid groups is 2. The molecule has 0 aromatic heterocycles.